The molecule has 7 nitrogen and oxygen atoms in total. The number of aryl methyl sites for hydroxylation is 1. The lowest BCUT2D eigenvalue weighted by molar-refractivity contribution is 0.411. The maximum absolute atomic E-state index is 11.5. The molecule has 0 fully saturated rings. The molecular weight excluding hydrogens is 340 g/mol. The highest BCUT2D eigenvalue weighted by Gasteiger charge is 2.10. The number of aromatic nitrogens is 4. The van der Waals surface area contributed by atoms with Crippen LogP contribution in [0.3, 0.4) is 0 Å². The molecule has 108 valence electrons. The molecule has 0 aliphatic heterocycles. The molecule has 2 heterocycles. The average molecular weight is 351 g/mol. The number of benzene rings is 1. The van der Waals surface area contributed by atoms with E-state index in [0.29, 0.717) is 28.9 Å². The van der Waals surface area contributed by atoms with Gasteiger partial charge in [0, 0.05) is 6.07 Å². The Balaban J connectivity index is 2.00. The number of hydrogen-bond acceptors (Lipinski definition) is 5. The number of hydrogen-bond donors (Lipinski definition) is 1. The Kier molecular flexibility index (Phi) is 3.38. The van der Waals surface area contributed by atoms with Crippen molar-refractivity contribution in [1.29, 1.82) is 0 Å². The maximum atomic E-state index is 11.5. The number of nitrogens with zero attached hydrogens (tertiary/aromatic N) is 3. The molecule has 1 N–H and O–H groups in total. The minimum atomic E-state index is -0.327. The molecular formula is C13H11BrN4O3. The van der Waals surface area contributed by atoms with E-state index in [1.807, 2.05) is 0 Å². The van der Waals surface area contributed by atoms with Crippen LogP contribution in [0.15, 0.2) is 33.5 Å². The van der Waals surface area contributed by atoms with E-state index in [9.17, 15) is 4.79 Å². The number of rotatable bonds is 3. The zero-order valence-electron chi connectivity index (χ0n) is 11.3. The first kappa shape index (κ1) is 13.6. The topological polar surface area (TPSA) is 81.5 Å². The van der Waals surface area contributed by atoms with Crippen LogP contribution < -0.4 is 15.2 Å². The van der Waals surface area contributed by atoms with Gasteiger partial charge in [-0.15, -0.1) is 0 Å². The van der Waals surface area contributed by atoms with E-state index < -0.39 is 0 Å². The first-order valence-corrected chi connectivity index (χ1v) is 6.84. The van der Waals surface area contributed by atoms with Crippen molar-refractivity contribution in [3.63, 3.8) is 0 Å². The molecule has 3 aromatic rings. The Morgan fingerprint density at radius 2 is 2.14 bits per heavy atom. The quantitative estimate of drug-likeness (QED) is 0.783. The van der Waals surface area contributed by atoms with Crippen molar-refractivity contribution in [3.8, 4) is 17.4 Å². The predicted octanol–water partition coefficient (Wildman–Crippen LogP) is 2.29. The fourth-order valence-electron chi connectivity index (χ4n) is 1.93. The summed E-state index contributed by atoms with van der Waals surface area (Å²) in [6, 6.07) is 6.92. The highest BCUT2D eigenvalue weighted by molar-refractivity contribution is 9.10. The molecule has 0 saturated carbocycles. The summed E-state index contributed by atoms with van der Waals surface area (Å²) in [6.07, 6.45) is 0. The first-order valence-electron chi connectivity index (χ1n) is 6.04. The van der Waals surface area contributed by atoms with E-state index in [1.54, 1.807) is 38.3 Å². The largest absolute Gasteiger partial charge is 0.497 e. The van der Waals surface area contributed by atoms with Crippen molar-refractivity contribution >= 4 is 21.6 Å². The van der Waals surface area contributed by atoms with Gasteiger partial charge in [-0.25, -0.2) is 14.3 Å². The standard InChI is InChI=1S/C13H11BrN4O3/c1-7-15-12(6-11-16-17-13(19)18(7)11)21-10-4-3-8(20-2)5-9(10)14/h3-6H,1-2H3,(H,17,19). The lowest BCUT2D eigenvalue weighted by atomic mass is 10.3. The normalized spacial score (nSPS) is 10.8. The Labute approximate surface area is 127 Å². The van der Waals surface area contributed by atoms with Crippen molar-refractivity contribution in [2.45, 2.75) is 6.92 Å². The van der Waals surface area contributed by atoms with Gasteiger partial charge in [-0.3, -0.25) is 0 Å². The van der Waals surface area contributed by atoms with Gasteiger partial charge in [0.25, 0.3) is 0 Å². The third-order valence-corrected chi connectivity index (χ3v) is 3.52. The predicted molar refractivity (Wildman–Crippen MR) is 79.1 cm³/mol. The van der Waals surface area contributed by atoms with E-state index in [1.165, 1.54) is 4.40 Å². The summed E-state index contributed by atoms with van der Waals surface area (Å²) in [5.41, 5.74) is 0.124. The van der Waals surface area contributed by atoms with Gasteiger partial charge in [-0.05, 0) is 41.1 Å². The molecule has 0 atom stereocenters. The average Bonchev–Trinajstić information content (AvgIpc) is 2.83. The summed E-state index contributed by atoms with van der Waals surface area (Å²) in [4.78, 5) is 15.8. The molecule has 0 amide bonds. The second-order valence-corrected chi connectivity index (χ2v) is 5.12. The summed E-state index contributed by atoms with van der Waals surface area (Å²) >= 11 is 3.41. The van der Waals surface area contributed by atoms with Crippen LogP contribution in [0.25, 0.3) is 5.65 Å². The zero-order valence-corrected chi connectivity index (χ0v) is 12.8. The zero-order chi connectivity index (χ0) is 15.0. The van der Waals surface area contributed by atoms with Crippen molar-refractivity contribution in [2.75, 3.05) is 7.11 Å². The van der Waals surface area contributed by atoms with Crippen LogP contribution in [0, 0.1) is 6.92 Å². The van der Waals surface area contributed by atoms with Gasteiger partial charge in [0.15, 0.2) is 5.65 Å². The third-order valence-electron chi connectivity index (χ3n) is 2.90. The van der Waals surface area contributed by atoms with Crippen LogP contribution in [-0.4, -0.2) is 26.7 Å². The maximum Gasteiger partial charge on any atom is 0.349 e. The minimum absolute atomic E-state index is 0.327. The Bertz CT molecular complexity index is 871. The van der Waals surface area contributed by atoms with Crippen LogP contribution in [0.4, 0.5) is 0 Å². The molecule has 3 rings (SSSR count). The van der Waals surface area contributed by atoms with Crippen molar-refractivity contribution in [3.05, 3.63) is 45.0 Å². The number of ether oxygens (including phenoxy) is 2. The SMILES string of the molecule is COc1ccc(Oc2cc3n[nH]c(=O)n3c(C)n2)c(Br)c1. The van der Waals surface area contributed by atoms with E-state index in [4.69, 9.17) is 9.47 Å². The molecule has 0 unspecified atom stereocenters. The lowest BCUT2D eigenvalue weighted by Crippen LogP contribution is -2.13. The monoisotopic (exact) mass is 350 g/mol. The van der Waals surface area contributed by atoms with E-state index >= 15 is 0 Å². The highest BCUT2D eigenvalue weighted by atomic mass is 79.9. The van der Waals surface area contributed by atoms with E-state index in [2.05, 4.69) is 31.1 Å². The van der Waals surface area contributed by atoms with Crippen LogP contribution in [0.5, 0.6) is 17.4 Å². The molecule has 21 heavy (non-hydrogen) atoms. The molecule has 0 aliphatic carbocycles. The molecule has 0 spiro atoms. The second-order valence-electron chi connectivity index (χ2n) is 4.26. The van der Waals surface area contributed by atoms with Crippen molar-refractivity contribution in [2.24, 2.45) is 0 Å². The summed E-state index contributed by atoms with van der Waals surface area (Å²) in [5, 5.41) is 6.28. The van der Waals surface area contributed by atoms with Crippen LogP contribution >= 0.6 is 15.9 Å². The van der Waals surface area contributed by atoms with Crippen LogP contribution in [0.1, 0.15) is 5.82 Å². The minimum Gasteiger partial charge on any atom is -0.497 e. The van der Waals surface area contributed by atoms with Gasteiger partial charge < -0.3 is 9.47 Å². The Morgan fingerprint density at radius 3 is 2.86 bits per heavy atom. The molecule has 0 bridgehead atoms. The Hall–Kier alpha value is -2.35. The smallest absolute Gasteiger partial charge is 0.349 e. The summed E-state index contributed by atoms with van der Waals surface area (Å²) in [7, 11) is 1.59. The summed E-state index contributed by atoms with van der Waals surface area (Å²) in [6.45, 7) is 1.71. The van der Waals surface area contributed by atoms with Gasteiger partial charge in [0.2, 0.25) is 5.88 Å². The lowest BCUT2D eigenvalue weighted by Gasteiger charge is -2.09. The summed E-state index contributed by atoms with van der Waals surface area (Å²) < 4.78 is 13.0. The van der Waals surface area contributed by atoms with Gasteiger partial charge >= 0.3 is 5.69 Å². The van der Waals surface area contributed by atoms with Gasteiger partial charge in [-0.2, -0.15) is 10.1 Å². The Morgan fingerprint density at radius 1 is 1.33 bits per heavy atom. The van der Waals surface area contributed by atoms with Gasteiger partial charge in [0.1, 0.15) is 17.3 Å². The molecule has 1 aromatic carbocycles. The van der Waals surface area contributed by atoms with Crippen LogP contribution in [-0.2, 0) is 0 Å². The first-order chi connectivity index (χ1) is 10.1. The van der Waals surface area contributed by atoms with Gasteiger partial charge in [0.05, 0.1) is 11.6 Å². The van der Waals surface area contributed by atoms with Crippen molar-refractivity contribution in [1.82, 2.24) is 19.6 Å². The molecule has 0 radical (unpaired) electrons. The molecule has 8 heteroatoms. The number of halogens is 1. The molecule has 0 saturated heterocycles. The van der Waals surface area contributed by atoms with Crippen LogP contribution in [0.2, 0.25) is 0 Å². The van der Waals surface area contributed by atoms with E-state index in [-0.39, 0.29) is 5.69 Å². The third kappa shape index (κ3) is 2.49. The number of nitrogens with one attached hydrogen (secondary N) is 1. The number of methoxy groups -OCH3 is 1. The number of fused-ring (bicyclic) bond motifs is 1. The molecule has 0 aliphatic rings. The number of aromatic amines is 1. The van der Waals surface area contributed by atoms with Gasteiger partial charge in [-0.1, -0.05) is 0 Å². The van der Waals surface area contributed by atoms with E-state index in [0.717, 1.165) is 4.47 Å². The molecule has 2 aromatic heterocycles. The fourth-order valence-corrected chi connectivity index (χ4v) is 2.37. The summed E-state index contributed by atoms with van der Waals surface area (Å²) in [5.74, 6) is 2.15. The fraction of sp³-hybridized carbons (Fsp3) is 0.154. The van der Waals surface area contributed by atoms with Crippen molar-refractivity contribution < 1.29 is 9.47 Å². The highest BCUT2D eigenvalue weighted by Crippen LogP contribution is 2.32. The second kappa shape index (κ2) is 5.21. The number of H-pyrrole nitrogens is 1.